The quantitative estimate of drug-likeness (QED) is 0.511. The van der Waals surface area contributed by atoms with Crippen molar-refractivity contribution in [2.24, 2.45) is 0 Å². The van der Waals surface area contributed by atoms with Crippen molar-refractivity contribution in [1.82, 2.24) is 5.27 Å². The summed E-state index contributed by atoms with van der Waals surface area (Å²) >= 11 is 3.27. The van der Waals surface area contributed by atoms with Crippen LogP contribution in [-0.4, -0.2) is 23.0 Å². The van der Waals surface area contributed by atoms with E-state index in [1.54, 1.807) is 49.4 Å². The third kappa shape index (κ3) is 3.20. The fourth-order valence-electron chi connectivity index (χ4n) is 2.36. The zero-order valence-corrected chi connectivity index (χ0v) is 14.9. The Balaban J connectivity index is 2.05. The van der Waals surface area contributed by atoms with Gasteiger partial charge in [-0.15, -0.1) is 0 Å². The van der Waals surface area contributed by atoms with Crippen LogP contribution in [0.15, 0.2) is 51.5 Å². The van der Waals surface area contributed by atoms with Gasteiger partial charge in [0.2, 0.25) is 11.0 Å². The molecule has 7 nitrogen and oxygen atoms in total. The molecule has 0 saturated carbocycles. The average Bonchev–Trinajstić information content (AvgIpc) is 2.99. The molecule has 8 heteroatoms. The number of nitrogen functional groups attached to an aromatic ring is 1. The van der Waals surface area contributed by atoms with Gasteiger partial charge in [-0.3, -0.25) is 4.52 Å². The molecule has 0 aliphatic rings. The highest BCUT2D eigenvalue weighted by molar-refractivity contribution is 9.10. The maximum Gasteiger partial charge on any atom is 0.338 e. The Kier molecular flexibility index (Phi) is 4.71. The summed E-state index contributed by atoms with van der Waals surface area (Å²) in [6, 6.07) is 11.8. The lowest BCUT2D eigenvalue weighted by atomic mass is 10.1. The minimum Gasteiger partial charge on any atom is -0.506 e. The molecular formula is C17H15BrN3O4+. The van der Waals surface area contributed by atoms with E-state index in [2.05, 4.69) is 21.2 Å². The van der Waals surface area contributed by atoms with Crippen molar-refractivity contribution in [3.05, 3.63) is 52.5 Å². The van der Waals surface area contributed by atoms with Gasteiger partial charge in [0.15, 0.2) is 0 Å². The number of phenols is 1. The summed E-state index contributed by atoms with van der Waals surface area (Å²) in [5, 5.41) is 14.2. The lowest BCUT2D eigenvalue weighted by molar-refractivity contribution is -0.660. The number of ether oxygens (including phenoxy) is 1. The molecule has 3 aromatic rings. The standard InChI is InChI=1S/C17H14BrN3O4/c1-2-24-17(23)10-6-8-11(9-7-10)21-14(16(19)25-20-21)12-4-3-5-13(18)15(12)22/h3-9,19-20H,2H2,1H3/p+1. The monoisotopic (exact) mass is 404 g/mol. The largest absolute Gasteiger partial charge is 0.506 e. The Morgan fingerprint density at radius 2 is 2.04 bits per heavy atom. The summed E-state index contributed by atoms with van der Waals surface area (Å²) in [6.45, 7) is 2.05. The van der Waals surface area contributed by atoms with Crippen molar-refractivity contribution in [2.75, 3.05) is 12.3 Å². The van der Waals surface area contributed by atoms with E-state index in [0.717, 1.165) is 0 Å². The molecule has 0 aliphatic carbocycles. The molecule has 1 heterocycles. The number of nitrogens with two attached hydrogens (primary N) is 1. The second-order valence-corrected chi connectivity index (χ2v) is 5.96. The van der Waals surface area contributed by atoms with Crippen LogP contribution in [-0.2, 0) is 4.74 Å². The van der Waals surface area contributed by atoms with Gasteiger partial charge in [0, 0.05) is 12.1 Å². The van der Waals surface area contributed by atoms with Crippen molar-refractivity contribution in [3.63, 3.8) is 0 Å². The Morgan fingerprint density at radius 3 is 2.72 bits per heavy atom. The number of benzene rings is 2. The summed E-state index contributed by atoms with van der Waals surface area (Å²) < 4.78 is 12.0. The molecule has 0 amide bonds. The van der Waals surface area contributed by atoms with E-state index >= 15 is 0 Å². The summed E-state index contributed by atoms with van der Waals surface area (Å²) in [7, 11) is 0. The number of rotatable bonds is 4. The number of para-hydroxylation sites is 1. The van der Waals surface area contributed by atoms with Crippen LogP contribution in [0.4, 0.5) is 5.88 Å². The SMILES string of the molecule is CCOC(=O)c1ccc(-[n+]2noc(N)c2-c2cccc(Br)c2O)cc1. The van der Waals surface area contributed by atoms with Crippen molar-refractivity contribution in [2.45, 2.75) is 6.92 Å². The van der Waals surface area contributed by atoms with E-state index in [1.807, 2.05) is 0 Å². The summed E-state index contributed by atoms with van der Waals surface area (Å²) in [6.07, 6.45) is 0. The molecule has 0 aliphatic heterocycles. The number of phenolic OH excluding ortho intramolecular Hbond substituents is 1. The topological polar surface area (TPSA) is 102 Å². The molecule has 0 spiro atoms. The number of nitrogens with zero attached hydrogens (tertiary/aromatic N) is 2. The number of aromatic hydroxyl groups is 1. The minimum atomic E-state index is -0.399. The number of carbonyl (C=O) groups is 1. The maximum atomic E-state index is 11.7. The molecule has 0 fully saturated rings. The predicted octanol–water partition coefficient (Wildman–Crippen LogP) is 2.85. The summed E-state index contributed by atoms with van der Waals surface area (Å²) in [4.78, 5) is 11.7. The Morgan fingerprint density at radius 1 is 1.32 bits per heavy atom. The van der Waals surface area contributed by atoms with Crippen LogP contribution >= 0.6 is 15.9 Å². The molecule has 0 bridgehead atoms. The lowest BCUT2D eigenvalue weighted by Gasteiger charge is -2.02. The molecule has 0 saturated heterocycles. The van der Waals surface area contributed by atoms with Crippen LogP contribution < -0.4 is 10.4 Å². The third-order valence-corrected chi connectivity index (χ3v) is 4.17. The van der Waals surface area contributed by atoms with Gasteiger partial charge >= 0.3 is 17.5 Å². The van der Waals surface area contributed by atoms with Crippen molar-refractivity contribution < 1.29 is 23.8 Å². The average molecular weight is 405 g/mol. The molecule has 1 aromatic heterocycles. The van der Waals surface area contributed by atoms with E-state index in [9.17, 15) is 9.90 Å². The Hall–Kier alpha value is -2.87. The van der Waals surface area contributed by atoms with E-state index in [4.69, 9.17) is 15.0 Å². The number of anilines is 1. The van der Waals surface area contributed by atoms with Gasteiger partial charge in [-0.05, 0) is 51.8 Å². The molecule has 3 rings (SSSR count). The van der Waals surface area contributed by atoms with Crippen LogP contribution in [0.5, 0.6) is 5.75 Å². The van der Waals surface area contributed by atoms with E-state index in [1.165, 1.54) is 4.68 Å². The van der Waals surface area contributed by atoms with Gasteiger partial charge in [0.25, 0.3) is 0 Å². The third-order valence-electron chi connectivity index (χ3n) is 3.53. The first-order valence-corrected chi connectivity index (χ1v) is 8.25. The van der Waals surface area contributed by atoms with Gasteiger partial charge in [-0.25, -0.2) is 4.79 Å². The summed E-state index contributed by atoms with van der Waals surface area (Å²) in [5.74, 6) is -0.319. The second kappa shape index (κ2) is 6.94. The molecule has 0 unspecified atom stereocenters. The smallest absolute Gasteiger partial charge is 0.338 e. The molecule has 0 radical (unpaired) electrons. The highest BCUT2D eigenvalue weighted by atomic mass is 79.9. The number of aromatic nitrogens is 2. The van der Waals surface area contributed by atoms with Crippen LogP contribution in [0, 0.1) is 0 Å². The fraction of sp³-hybridized carbons (Fsp3) is 0.118. The number of carbonyl (C=O) groups excluding carboxylic acids is 1. The molecule has 25 heavy (non-hydrogen) atoms. The minimum absolute atomic E-state index is 0.0225. The fourth-order valence-corrected chi connectivity index (χ4v) is 2.72. The van der Waals surface area contributed by atoms with Gasteiger partial charge in [0.1, 0.15) is 5.75 Å². The maximum absolute atomic E-state index is 11.7. The van der Waals surface area contributed by atoms with Crippen LogP contribution in [0.2, 0.25) is 0 Å². The second-order valence-electron chi connectivity index (χ2n) is 5.10. The highest BCUT2D eigenvalue weighted by Crippen LogP contribution is 2.36. The van der Waals surface area contributed by atoms with E-state index in [-0.39, 0.29) is 11.6 Å². The lowest BCUT2D eigenvalue weighted by Crippen LogP contribution is -2.34. The number of hydrogen-bond acceptors (Lipinski definition) is 6. The first-order chi connectivity index (χ1) is 12.0. The zero-order valence-electron chi connectivity index (χ0n) is 13.3. The Labute approximate surface area is 151 Å². The van der Waals surface area contributed by atoms with Crippen molar-refractivity contribution in [1.29, 1.82) is 0 Å². The highest BCUT2D eigenvalue weighted by Gasteiger charge is 2.29. The molecule has 3 N–H and O–H groups in total. The first-order valence-electron chi connectivity index (χ1n) is 7.45. The number of halogens is 1. The molecule has 2 aromatic carbocycles. The van der Waals surface area contributed by atoms with Crippen LogP contribution in [0.1, 0.15) is 17.3 Å². The molecule has 0 atom stereocenters. The predicted molar refractivity (Wildman–Crippen MR) is 93.2 cm³/mol. The first kappa shape index (κ1) is 17.0. The van der Waals surface area contributed by atoms with E-state index < -0.39 is 5.97 Å². The van der Waals surface area contributed by atoms with Crippen LogP contribution in [0.25, 0.3) is 16.9 Å². The summed E-state index contributed by atoms with van der Waals surface area (Å²) in [5.41, 5.74) is 7.80. The molecule has 128 valence electrons. The number of hydrogen-bond donors (Lipinski definition) is 2. The molecular weight excluding hydrogens is 390 g/mol. The van der Waals surface area contributed by atoms with Gasteiger partial charge in [-0.2, -0.15) is 0 Å². The van der Waals surface area contributed by atoms with Gasteiger partial charge in [-0.1, -0.05) is 6.07 Å². The van der Waals surface area contributed by atoms with E-state index in [0.29, 0.717) is 33.6 Å². The van der Waals surface area contributed by atoms with Crippen molar-refractivity contribution >= 4 is 27.8 Å². The Bertz CT molecular complexity index is 922. The zero-order chi connectivity index (χ0) is 18.0. The van der Waals surface area contributed by atoms with Crippen LogP contribution in [0.3, 0.4) is 0 Å². The number of esters is 1. The van der Waals surface area contributed by atoms with Gasteiger partial charge in [0.05, 0.1) is 22.2 Å². The van der Waals surface area contributed by atoms with Crippen molar-refractivity contribution in [3.8, 4) is 22.7 Å². The van der Waals surface area contributed by atoms with Gasteiger partial charge < -0.3 is 15.6 Å². The normalized spacial score (nSPS) is 10.6.